The third-order valence-corrected chi connectivity index (χ3v) is 5.56. The second-order valence-electron chi connectivity index (χ2n) is 7.21. The number of hydrogen-bond donors (Lipinski definition) is 1. The summed E-state index contributed by atoms with van der Waals surface area (Å²) in [6.45, 7) is 3.71. The Balaban J connectivity index is 1.41. The fourth-order valence-electron chi connectivity index (χ4n) is 4.16. The number of nitrogens with zero attached hydrogens (tertiary/aromatic N) is 4. The molecule has 1 saturated heterocycles. The van der Waals surface area contributed by atoms with Crippen molar-refractivity contribution in [2.75, 3.05) is 31.5 Å². The molecule has 26 heavy (non-hydrogen) atoms. The highest BCUT2D eigenvalue weighted by Crippen LogP contribution is 2.25. The summed E-state index contributed by atoms with van der Waals surface area (Å²) in [6, 6.07) is 10.4. The maximum atomic E-state index is 12.8. The van der Waals surface area contributed by atoms with Gasteiger partial charge in [0, 0.05) is 44.6 Å². The van der Waals surface area contributed by atoms with Crippen LogP contribution in [0.5, 0.6) is 0 Å². The minimum Gasteiger partial charge on any atom is -0.323 e. The van der Waals surface area contributed by atoms with E-state index in [0.29, 0.717) is 0 Å². The molecule has 0 spiro atoms. The molecular weight excluding hydrogens is 326 g/mol. The zero-order valence-corrected chi connectivity index (χ0v) is 15.2. The average molecular weight is 353 g/mol. The number of carbonyl (C=O) groups excluding carboxylic acids is 1. The van der Waals surface area contributed by atoms with Crippen LogP contribution >= 0.6 is 0 Å². The zero-order valence-electron chi connectivity index (χ0n) is 15.2. The fraction of sp³-hybridized carbons (Fsp3) is 0.500. The van der Waals surface area contributed by atoms with E-state index in [1.807, 2.05) is 41.4 Å². The Morgan fingerprint density at radius 3 is 2.65 bits per heavy atom. The second-order valence-corrected chi connectivity index (χ2v) is 7.21. The first-order valence-electron chi connectivity index (χ1n) is 9.70. The summed E-state index contributed by atoms with van der Waals surface area (Å²) in [4.78, 5) is 17.4. The minimum atomic E-state index is -0.0159. The molecule has 0 atom stereocenters. The van der Waals surface area contributed by atoms with Crippen LogP contribution in [0, 0.1) is 0 Å². The minimum absolute atomic E-state index is 0.0159. The Kier molecular flexibility index (Phi) is 5.20. The molecule has 0 radical (unpaired) electrons. The van der Waals surface area contributed by atoms with Crippen LogP contribution in [0.3, 0.4) is 0 Å². The Morgan fingerprint density at radius 2 is 1.85 bits per heavy atom. The summed E-state index contributed by atoms with van der Waals surface area (Å²) in [5.74, 6) is 0. The molecule has 138 valence electrons. The molecule has 1 N–H and O–H groups in total. The van der Waals surface area contributed by atoms with E-state index < -0.39 is 0 Å². The first kappa shape index (κ1) is 17.1. The third-order valence-electron chi connectivity index (χ3n) is 5.56. The fourth-order valence-corrected chi connectivity index (χ4v) is 4.16. The highest BCUT2D eigenvalue weighted by molar-refractivity contribution is 5.91. The van der Waals surface area contributed by atoms with Crippen LogP contribution in [0.2, 0.25) is 0 Å². The number of rotatable bonds is 3. The van der Waals surface area contributed by atoms with Crippen LogP contribution in [0.4, 0.5) is 10.5 Å². The van der Waals surface area contributed by atoms with E-state index in [-0.39, 0.29) is 6.03 Å². The van der Waals surface area contributed by atoms with Gasteiger partial charge in [0.15, 0.2) is 0 Å². The number of urea groups is 1. The standard InChI is InChI=1S/C20H27N5O/c26-20(22-18-9-3-4-10-19(18)25-14-5-11-21-25)24-13-6-12-23(15-16-24)17-7-1-2-8-17/h3-5,9-11,14,17H,1-2,6-8,12-13,15-16H2,(H,22,26). The van der Waals surface area contributed by atoms with Gasteiger partial charge in [-0.05, 0) is 37.5 Å². The van der Waals surface area contributed by atoms with E-state index in [0.717, 1.165) is 50.0 Å². The van der Waals surface area contributed by atoms with Gasteiger partial charge in [0.2, 0.25) is 0 Å². The van der Waals surface area contributed by atoms with E-state index in [9.17, 15) is 4.79 Å². The van der Waals surface area contributed by atoms with Crippen molar-refractivity contribution in [3.8, 4) is 5.69 Å². The van der Waals surface area contributed by atoms with E-state index in [2.05, 4.69) is 15.3 Å². The van der Waals surface area contributed by atoms with Crippen molar-refractivity contribution in [2.45, 2.75) is 38.1 Å². The number of para-hydroxylation sites is 2. The predicted molar refractivity (Wildman–Crippen MR) is 103 cm³/mol. The highest BCUT2D eigenvalue weighted by Gasteiger charge is 2.26. The first-order chi connectivity index (χ1) is 12.8. The molecule has 1 aliphatic heterocycles. The third kappa shape index (κ3) is 3.75. The SMILES string of the molecule is O=C(Nc1ccccc1-n1cccn1)N1CCCN(C2CCCC2)CC1. The van der Waals surface area contributed by atoms with Crippen molar-refractivity contribution in [1.82, 2.24) is 19.6 Å². The van der Waals surface area contributed by atoms with Crippen LogP contribution < -0.4 is 5.32 Å². The van der Waals surface area contributed by atoms with Gasteiger partial charge in [-0.3, -0.25) is 4.90 Å². The molecule has 6 nitrogen and oxygen atoms in total. The molecule has 0 unspecified atom stereocenters. The lowest BCUT2D eigenvalue weighted by Gasteiger charge is -2.27. The number of aromatic nitrogens is 2. The Bertz CT molecular complexity index is 724. The lowest BCUT2D eigenvalue weighted by atomic mass is 10.2. The van der Waals surface area contributed by atoms with Gasteiger partial charge < -0.3 is 10.2 Å². The normalized spacial score (nSPS) is 19.5. The monoisotopic (exact) mass is 353 g/mol. The smallest absolute Gasteiger partial charge is 0.321 e. The van der Waals surface area contributed by atoms with Gasteiger partial charge in [-0.15, -0.1) is 0 Å². The molecule has 1 saturated carbocycles. The number of hydrogen-bond acceptors (Lipinski definition) is 3. The molecular formula is C20H27N5O. The van der Waals surface area contributed by atoms with Gasteiger partial charge in [0.1, 0.15) is 0 Å². The molecule has 2 aliphatic rings. The first-order valence-corrected chi connectivity index (χ1v) is 9.70. The molecule has 2 fully saturated rings. The van der Waals surface area contributed by atoms with Crippen molar-refractivity contribution in [2.24, 2.45) is 0 Å². The topological polar surface area (TPSA) is 53.4 Å². The number of anilines is 1. The molecule has 4 rings (SSSR count). The molecule has 6 heteroatoms. The van der Waals surface area contributed by atoms with Gasteiger partial charge in [0.25, 0.3) is 0 Å². The number of benzene rings is 1. The number of carbonyl (C=O) groups is 1. The van der Waals surface area contributed by atoms with E-state index >= 15 is 0 Å². The summed E-state index contributed by atoms with van der Waals surface area (Å²) in [5.41, 5.74) is 1.67. The summed E-state index contributed by atoms with van der Waals surface area (Å²) < 4.78 is 1.78. The average Bonchev–Trinajstić information content (AvgIpc) is 3.33. The largest absolute Gasteiger partial charge is 0.323 e. The van der Waals surface area contributed by atoms with Crippen LogP contribution in [0.15, 0.2) is 42.7 Å². The highest BCUT2D eigenvalue weighted by atomic mass is 16.2. The summed E-state index contributed by atoms with van der Waals surface area (Å²) in [6.07, 6.45) is 10.0. The molecule has 1 aliphatic carbocycles. The lowest BCUT2D eigenvalue weighted by molar-refractivity contribution is 0.195. The molecule has 1 aromatic carbocycles. The molecule has 0 bridgehead atoms. The van der Waals surface area contributed by atoms with Gasteiger partial charge in [-0.25, -0.2) is 9.48 Å². The molecule has 1 aromatic heterocycles. The Labute approximate surface area is 154 Å². The van der Waals surface area contributed by atoms with Crippen molar-refractivity contribution >= 4 is 11.7 Å². The number of amides is 2. The maximum Gasteiger partial charge on any atom is 0.321 e. The van der Waals surface area contributed by atoms with Gasteiger partial charge in [0.05, 0.1) is 11.4 Å². The van der Waals surface area contributed by atoms with E-state index in [1.165, 1.54) is 25.7 Å². The number of nitrogens with one attached hydrogen (secondary N) is 1. The van der Waals surface area contributed by atoms with Gasteiger partial charge in [-0.2, -0.15) is 5.10 Å². The van der Waals surface area contributed by atoms with Crippen molar-refractivity contribution < 1.29 is 4.79 Å². The van der Waals surface area contributed by atoms with Crippen LogP contribution in [-0.4, -0.2) is 57.8 Å². The maximum absolute atomic E-state index is 12.8. The molecule has 2 amide bonds. The summed E-state index contributed by atoms with van der Waals surface area (Å²) in [7, 11) is 0. The lowest BCUT2D eigenvalue weighted by Crippen LogP contribution is -2.40. The van der Waals surface area contributed by atoms with Crippen LogP contribution in [0.25, 0.3) is 5.69 Å². The van der Waals surface area contributed by atoms with Crippen LogP contribution in [0.1, 0.15) is 32.1 Å². The Hall–Kier alpha value is -2.34. The second kappa shape index (κ2) is 7.91. The van der Waals surface area contributed by atoms with Crippen molar-refractivity contribution in [1.29, 1.82) is 0 Å². The predicted octanol–water partition coefficient (Wildman–Crippen LogP) is 3.35. The van der Waals surface area contributed by atoms with Crippen molar-refractivity contribution in [3.05, 3.63) is 42.7 Å². The van der Waals surface area contributed by atoms with Crippen molar-refractivity contribution in [3.63, 3.8) is 0 Å². The zero-order chi connectivity index (χ0) is 17.8. The van der Waals surface area contributed by atoms with E-state index in [4.69, 9.17) is 0 Å². The van der Waals surface area contributed by atoms with Gasteiger partial charge >= 0.3 is 6.03 Å². The van der Waals surface area contributed by atoms with Gasteiger partial charge in [-0.1, -0.05) is 25.0 Å². The van der Waals surface area contributed by atoms with Crippen LogP contribution in [-0.2, 0) is 0 Å². The molecule has 2 aromatic rings. The summed E-state index contributed by atoms with van der Waals surface area (Å²) in [5, 5.41) is 7.37. The Morgan fingerprint density at radius 1 is 1.00 bits per heavy atom. The quantitative estimate of drug-likeness (QED) is 0.921. The summed E-state index contributed by atoms with van der Waals surface area (Å²) >= 11 is 0. The van der Waals surface area contributed by atoms with E-state index in [1.54, 1.807) is 10.9 Å². The molecule has 2 heterocycles.